The fraction of sp³-hybridized carbons (Fsp3) is 0.840. The summed E-state index contributed by atoms with van der Waals surface area (Å²) >= 11 is 0. The Morgan fingerprint density at radius 1 is 0.754 bits per heavy atom. The van der Waals surface area contributed by atoms with Crippen LogP contribution in [0.3, 0.4) is 0 Å². The zero-order chi connectivity index (χ0) is 41.3. The lowest BCUT2D eigenvalue weighted by molar-refractivity contribution is -0.212. The summed E-state index contributed by atoms with van der Waals surface area (Å²) in [6.07, 6.45) is 30.9. The van der Waals surface area contributed by atoms with Crippen LogP contribution in [-0.4, -0.2) is 27.5 Å². The minimum atomic E-state index is -0.649. The van der Waals surface area contributed by atoms with Crippen LogP contribution in [0.5, 0.6) is 0 Å². The molecule has 4 saturated carbocycles. The molecular weight excluding hydrogens is 709 g/mol. The van der Waals surface area contributed by atoms with Crippen LogP contribution in [0.1, 0.15) is 214 Å². The summed E-state index contributed by atoms with van der Waals surface area (Å²) < 4.78 is 7.61. The van der Waals surface area contributed by atoms with E-state index < -0.39 is 16.7 Å². The highest BCUT2D eigenvalue weighted by Crippen LogP contribution is 2.76. The molecule has 0 aliphatic heterocycles. The average Bonchev–Trinajstić information content (AvgIpc) is 3.14. The van der Waals surface area contributed by atoms with Crippen molar-refractivity contribution in [3.8, 4) is 0 Å². The van der Waals surface area contributed by atoms with E-state index in [2.05, 4.69) is 66.4 Å². The van der Waals surface area contributed by atoms with Crippen molar-refractivity contribution in [3.05, 3.63) is 44.8 Å². The van der Waals surface area contributed by atoms with Gasteiger partial charge in [-0.25, -0.2) is 9.36 Å². The number of nitrogens with zero attached hydrogens (tertiary/aromatic N) is 1. The first kappa shape index (κ1) is 44.1. The van der Waals surface area contributed by atoms with Gasteiger partial charge in [-0.15, -0.1) is 0 Å². The molecule has 1 N–H and O–H groups in total. The number of nitrogens with one attached hydrogen (secondary N) is 1. The molecule has 0 bridgehead atoms. The third-order valence-electron chi connectivity index (χ3n) is 17.8. The molecule has 1 aromatic rings. The maximum absolute atomic E-state index is 14.6. The van der Waals surface area contributed by atoms with Crippen LogP contribution in [0.25, 0.3) is 0 Å². The van der Waals surface area contributed by atoms with Crippen LogP contribution in [0.4, 0.5) is 0 Å². The lowest BCUT2D eigenvalue weighted by Gasteiger charge is -2.71. The Hall–Kier alpha value is -2.44. The summed E-state index contributed by atoms with van der Waals surface area (Å²) in [4.78, 5) is 55.2. The minimum absolute atomic E-state index is 0.00193. The highest BCUT2D eigenvalue weighted by atomic mass is 16.5. The molecule has 7 nitrogen and oxygen atoms in total. The van der Waals surface area contributed by atoms with Crippen molar-refractivity contribution in [2.24, 2.45) is 50.2 Å². The number of H-pyrrole nitrogens is 1. The Kier molecular flexibility index (Phi) is 13.4. The second-order valence-corrected chi connectivity index (χ2v) is 22.0. The number of hydrogen-bond donors (Lipinski definition) is 1. The number of aromatic amines is 1. The second-order valence-electron chi connectivity index (χ2n) is 22.0. The Morgan fingerprint density at radius 2 is 1.37 bits per heavy atom. The molecule has 0 amide bonds. The van der Waals surface area contributed by atoms with E-state index in [1.54, 1.807) is 0 Å². The fourth-order valence-corrected chi connectivity index (χ4v) is 14.1. The van der Waals surface area contributed by atoms with Crippen LogP contribution < -0.4 is 11.2 Å². The predicted molar refractivity (Wildman–Crippen MR) is 231 cm³/mol. The third kappa shape index (κ3) is 8.35. The van der Waals surface area contributed by atoms with E-state index >= 15 is 0 Å². The highest BCUT2D eigenvalue weighted by molar-refractivity contribution is 5.86. The standard InChI is InChI=1S/C50H80N2O5/c1-9-10-11-12-13-14-15-16-17-18-19-20-21-22-42(54)57-40-26-28-47(6)38(46(40,4)5)25-29-49(8)39(47)24-23-36-37-35-45(2,3)30-32-50(37,33-31-48(36,49)7)43(55)52-34-27-41(53)51-44(52)56/h23,27,34,37-40H,9-22,24-26,28-33,35H2,1-8H3,(H,51,53,56)/t37-,38?,39?,40-,47-,48+,49+,50-/m0/s1. The number of esters is 1. The summed E-state index contributed by atoms with van der Waals surface area (Å²) in [6, 6.07) is 1.30. The number of unbranched alkanes of at least 4 members (excludes halogenated alkanes) is 12. The monoisotopic (exact) mass is 789 g/mol. The molecule has 1 aromatic heterocycles. The summed E-state index contributed by atoms with van der Waals surface area (Å²) in [7, 11) is 0. The van der Waals surface area contributed by atoms with Crippen molar-refractivity contribution in [2.75, 3.05) is 0 Å². The van der Waals surface area contributed by atoms with Crippen molar-refractivity contribution < 1.29 is 14.3 Å². The molecule has 6 rings (SSSR count). The number of carbonyl (C=O) groups excluding carboxylic acids is 2. The number of rotatable bonds is 16. The SMILES string of the molecule is CCCCCCCCCCCCCCCC(=O)O[C@H]1CC[C@@]2(C)C(CC[C@]3(C)C2CC=C2[C@@H]4CC(C)(C)CC[C@]4(C(=O)n4ccc(=O)[nH]c4=O)CC[C@]23C)C1(C)C. The highest BCUT2D eigenvalue weighted by Gasteiger charge is 2.69. The van der Waals surface area contributed by atoms with Crippen LogP contribution in [0.2, 0.25) is 0 Å². The van der Waals surface area contributed by atoms with Gasteiger partial charge in [-0.2, -0.15) is 0 Å². The van der Waals surface area contributed by atoms with E-state index in [4.69, 9.17) is 4.74 Å². The van der Waals surface area contributed by atoms with E-state index in [-0.39, 0.29) is 51.0 Å². The van der Waals surface area contributed by atoms with Gasteiger partial charge in [-0.05, 0) is 110 Å². The Bertz CT molecular complexity index is 1740. The van der Waals surface area contributed by atoms with E-state index in [1.165, 1.54) is 93.0 Å². The Morgan fingerprint density at radius 3 is 2.00 bits per heavy atom. The molecule has 8 atom stereocenters. The predicted octanol–water partition coefficient (Wildman–Crippen LogP) is 12.4. The molecule has 320 valence electrons. The van der Waals surface area contributed by atoms with Crippen molar-refractivity contribution in [1.29, 1.82) is 0 Å². The fourth-order valence-electron chi connectivity index (χ4n) is 14.1. The largest absolute Gasteiger partial charge is 0.462 e. The van der Waals surface area contributed by atoms with Gasteiger partial charge in [0.05, 0.1) is 5.41 Å². The molecule has 2 unspecified atom stereocenters. The molecule has 0 saturated heterocycles. The molecule has 7 heteroatoms. The van der Waals surface area contributed by atoms with Gasteiger partial charge in [0.25, 0.3) is 5.56 Å². The lowest BCUT2D eigenvalue weighted by atomic mass is 9.33. The minimum Gasteiger partial charge on any atom is -0.462 e. The van der Waals surface area contributed by atoms with Gasteiger partial charge in [0.2, 0.25) is 5.91 Å². The van der Waals surface area contributed by atoms with E-state index in [1.807, 2.05) is 0 Å². The number of allylic oxidation sites excluding steroid dienone is 2. The smallest absolute Gasteiger partial charge is 0.335 e. The van der Waals surface area contributed by atoms with Crippen LogP contribution >= 0.6 is 0 Å². The first-order valence-corrected chi connectivity index (χ1v) is 23.7. The zero-order valence-electron chi connectivity index (χ0n) is 37.5. The molecule has 4 fully saturated rings. The molecule has 5 aliphatic carbocycles. The maximum Gasteiger partial charge on any atom is 0.335 e. The molecule has 0 aromatic carbocycles. The molecule has 57 heavy (non-hydrogen) atoms. The quantitative estimate of drug-likeness (QED) is 0.102. The lowest BCUT2D eigenvalue weighted by Crippen LogP contribution is -2.65. The number of aromatic nitrogens is 2. The molecule has 0 radical (unpaired) electrons. The third-order valence-corrected chi connectivity index (χ3v) is 17.8. The van der Waals surface area contributed by atoms with Crippen LogP contribution in [0.15, 0.2) is 33.5 Å². The van der Waals surface area contributed by atoms with E-state index in [9.17, 15) is 19.2 Å². The summed E-state index contributed by atoms with van der Waals surface area (Å²) in [5, 5.41) is 0. The van der Waals surface area contributed by atoms with Gasteiger partial charge >= 0.3 is 11.7 Å². The average molecular weight is 789 g/mol. The second kappa shape index (κ2) is 17.3. The Labute approximate surface area is 345 Å². The molecule has 1 heterocycles. The number of ether oxygens (including phenoxy) is 1. The van der Waals surface area contributed by atoms with Gasteiger partial charge in [0.1, 0.15) is 6.10 Å². The van der Waals surface area contributed by atoms with E-state index in [0.717, 1.165) is 77.0 Å². The Balaban J connectivity index is 1.09. The number of hydrogen-bond acceptors (Lipinski definition) is 5. The summed E-state index contributed by atoms with van der Waals surface area (Å²) in [6.45, 7) is 19.4. The maximum atomic E-state index is 14.6. The molecule has 5 aliphatic rings. The van der Waals surface area contributed by atoms with Gasteiger partial charge in [-0.1, -0.05) is 144 Å². The van der Waals surface area contributed by atoms with Crippen molar-refractivity contribution in [2.45, 2.75) is 216 Å². The number of carbonyl (C=O) groups is 2. The van der Waals surface area contributed by atoms with Crippen LogP contribution in [-0.2, 0) is 9.53 Å². The van der Waals surface area contributed by atoms with Gasteiger partial charge in [0.15, 0.2) is 0 Å². The van der Waals surface area contributed by atoms with Crippen LogP contribution in [0, 0.1) is 50.2 Å². The topological polar surface area (TPSA) is 98.2 Å². The van der Waals surface area contributed by atoms with Gasteiger partial charge < -0.3 is 4.74 Å². The molecular formula is C50H80N2O5. The summed E-state index contributed by atoms with van der Waals surface area (Å²) in [5.74, 6) is 0.892. The van der Waals surface area contributed by atoms with Crippen molar-refractivity contribution in [1.82, 2.24) is 9.55 Å². The number of fused-ring (bicyclic) bond motifs is 7. The summed E-state index contributed by atoms with van der Waals surface area (Å²) in [5.41, 5.74) is -0.152. The normalized spacial score (nSPS) is 35.2. The van der Waals surface area contributed by atoms with Gasteiger partial charge in [-0.3, -0.25) is 19.4 Å². The van der Waals surface area contributed by atoms with Gasteiger partial charge in [0, 0.05) is 24.1 Å². The molecule has 0 spiro atoms. The van der Waals surface area contributed by atoms with E-state index in [0.29, 0.717) is 18.3 Å². The van der Waals surface area contributed by atoms with Crippen molar-refractivity contribution >= 4 is 11.9 Å². The van der Waals surface area contributed by atoms with Crippen molar-refractivity contribution in [3.63, 3.8) is 0 Å². The first-order valence-electron chi connectivity index (χ1n) is 23.7. The first-order chi connectivity index (χ1) is 26.9. The zero-order valence-corrected chi connectivity index (χ0v) is 37.5.